The van der Waals surface area contributed by atoms with Crippen LogP contribution in [-0.2, 0) is 14.3 Å². The van der Waals surface area contributed by atoms with Gasteiger partial charge in [0.15, 0.2) is 0 Å². The molecule has 1 N–H and O–H groups in total. The molecule has 0 aromatic rings. The molecule has 5 nitrogen and oxygen atoms in total. The van der Waals surface area contributed by atoms with E-state index in [0.29, 0.717) is 19.1 Å². The molecular formula is C16H30N2O3. The van der Waals surface area contributed by atoms with Gasteiger partial charge < -0.3 is 14.8 Å². The standard InChI is InChI=1S/C16H30N2O3/c1-6-20-14(19)16(17-5,13-7-8-13)11-18-9-12(2)21-15(3,4)10-18/h12-13,17H,6-11H2,1-5H3. The number of rotatable bonds is 6. The van der Waals surface area contributed by atoms with Crippen LogP contribution in [0.5, 0.6) is 0 Å². The molecule has 0 radical (unpaired) electrons. The Labute approximate surface area is 128 Å². The van der Waals surface area contributed by atoms with Crippen molar-refractivity contribution in [2.24, 2.45) is 5.92 Å². The molecule has 2 aliphatic rings. The lowest BCUT2D eigenvalue weighted by atomic mass is 9.91. The van der Waals surface area contributed by atoms with Crippen LogP contribution in [0.3, 0.4) is 0 Å². The highest BCUT2D eigenvalue weighted by molar-refractivity contribution is 5.82. The SMILES string of the molecule is CCOC(=O)C(CN1CC(C)OC(C)(C)C1)(NC)C1CC1. The molecule has 21 heavy (non-hydrogen) atoms. The van der Waals surface area contributed by atoms with Crippen molar-refractivity contribution in [1.29, 1.82) is 0 Å². The van der Waals surface area contributed by atoms with Crippen molar-refractivity contribution in [3.63, 3.8) is 0 Å². The number of likely N-dealkylation sites (N-methyl/N-ethyl adjacent to an activating group) is 1. The lowest BCUT2D eigenvalue weighted by Gasteiger charge is -2.45. The van der Waals surface area contributed by atoms with Gasteiger partial charge >= 0.3 is 5.97 Å². The van der Waals surface area contributed by atoms with Crippen molar-refractivity contribution in [3.05, 3.63) is 0 Å². The van der Waals surface area contributed by atoms with Crippen molar-refractivity contribution < 1.29 is 14.3 Å². The number of hydrogen-bond donors (Lipinski definition) is 1. The summed E-state index contributed by atoms with van der Waals surface area (Å²) in [6.45, 7) is 11.0. The maximum atomic E-state index is 12.6. The number of nitrogens with zero attached hydrogens (tertiary/aromatic N) is 1. The first kappa shape index (κ1) is 16.7. The van der Waals surface area contributed by atoms with Gasteiger partial charge in [0.2, 0.25) is 0 Å². The summed E-state index contributed by atoms with van der Waals surface area (Å²) >= 11 is 0. The lowest BCUT2D eigenvalue weighted by Crippen LogP contribution is -2.63. The van der Waals surface area contributed by atoms with Crippen molar-refractivity contribution in [3.8, 4) is 0 Å². The molecular weight excluding hydrogens is 268 g/mol. The topological polar surface area (TPSA) is 50.8 Å². The molecule has 1 aliphatic heterocycles. The van der Waals surface area contributed by atoms with E-state index in [1.165, 1.54) is 0 Å². The van der Waals surface area contributed by atoms with Gasteiger partial charge in [0.25, 0.3) is 0 Å². The van der Waals surface area contributed by atoms with Crippen LogP contribution in [0, 0.1) is 5.92 Å². The molecule has 2 unspecified atom stereocenters. The number of nitrogens with one attached hydrogen (secondary N) is 1. The van der Waals surface area contributed by atoms with Gasteiger partial charge in [-0.2, -0.15) is 0 Å². The van der Waals surface area contributed by atoms with E-state index < -0.39 is 5.54 Å². The van der Waals surface area contributed by atoms with Crippen LogP contribution in [0.4, 0.5) is 0 Å². The van der Waals surface area contributed by atoms with E-state index in [-0.39, 0.29) is 17.7 Å². The molecule has 1 heterocycles. The molecule has 1 saturated heterocycles. The normalized spacial score (nSPS) is 28.9. The summed E-state index contributed by atoms with van der Waals surface area (Å²) in [6, 6.07) is 0. The zero-order valence-corrected chi connectivity index (χ0v) is 14.1. The molecule has 2 fully saturated rings. The third-order valence-electron chi connectivity index (χ3n) is 4.47. The second kappa shape index (κ2) is 6.23. The highest BCUT2D eigenvalue weighted by Crippen LogP contribution is 2.41. The average Bonchev–Trinajstić information content (AvgIpc) is 3.18. The van der Waals surface area contributed by atoms with E-state index in [0.717, 1.165) is 25.9 Å². The van der Waals surface area contributed by atoms with Crippen LogP contribution in [0.25, 0.3) is 0 Å². The van der Waals surface area contributed by atoms with Gasteiger partial charge in [-0.1, -0.05) is 0 Å². The number of hydrogen-bond acceptors (Lipinski definition) is 5. The Morgan fingerprint density at radius 3 is 2.62 bits per heavy atom. The molecule has 0 amide bonds. The molecule has 0 spiro atoms. The highest BCUT2D eigenvalue weighted by Gasteiger charge is 2.52. The van der Waals surface area contributed by atoms with Crippen LogP contribution in [0.2, 0.25) is 0 Å². The van der Waals surface area contributed by atoms with Crippen LogP contribution >= 0.6 is 0 Å². The molecule has 0 aromatic heterocycles. The molecule has 5 heteroatoms. The maximum Gasteiger partial charge on any atom is 0.327 e. The lowest BCUT2D eigenvalue weighted by molar-refractivity contribution is -0.159. The maximum absolute atomic E-state index is 12.6. The van der Waals surface area contributed by atoms with E-state index >= 15 is 0 Å². The van der Waals surface area contributed by atoms with Crippen LogP contribution in [-0.4, -0.2) is 61.4 Å². The molecule has 1 saturated carbocycles. The Bertz CT molecular complexity index is 382. The fourth-order valence-corrected chi connectivity index (χ4v) is 3.64. The molecule has 2 atom stereocenters. The smallest absolute Gasteiger partial charge is 0.327 e. The third kappa shape index (κ3) is 3.76. The van der Waals surface area contributed by atoms with E-state index in [1.807, 2.05) is 14.0 Å². The molecule has 0 aromatic carbocycles. The molecule has 122 valence electrons. The number of carbonyl (C=O) groups is 1. The first-order valence-corrected chi connectivity index (χ1v) is 8.09. The Morgan fingerprint density at radius 1 is 1.48 bits per heavy atom. The fraction of sp³-hybridized carbons (Fsp3) is 0.938. The first-order valence-electron chi connectivity index (χ1n) is 8.09. The minimum atomic E-state index is -0.566. The summed E-state index contributed by atoms with van der Waals surface area (Å²) < 4.78 is 11.3. The second-order valence-corrected chi connectivity index (χ2v) is 7.07. The Hall–Kier alpha value is -0.650. The van der Waals surface area contributed by atoms with Gasteiger partial charge in [0.1, 0.15) is 5.54 Å². The van der Waals surface area contributed by atoms with Gasteiger partial charge in [0, 0.05) is 19.6 Å². The average molecular weight is 298 g/mol. The fourth-order valence-electron chi connectivity index (χ4n) is 3.64. The van der Waals surface area contributed by atoms with E-state index in [2.05, 4.69) is 31.0 Å². The van der Waals surface area contributed by atoms with Gasteiger partial charge in [-0.3, -0.25) is 4.90 Å². The van der Waals surface area contributed by atoms with Crippen LogP contribution in [0.1, 0.15) is 40.5 Å². The largest absolute Gasteiger partial charge is 0.465 e. The number of morpholine rings is 1. The highest BCUT2D eigenvalue weighted by atomic mass is 16.5. The summed E-state index contributed by atoms with van der Waals surface area (Å²) in [5.74, 6) is 0.287. The van der Waals surface area contributed by atoms with Crippen molar-refractivity contribution in [2.45, 2.75) is 57.8 Å². The number of ether oxygens (including phenoxy) is 2. The Kier molecular flexibility index (Phi) is 4.96. The molecule has 2 rings (SSSR count). The summed E-state index contributed by atoms with van der Waals surface area (Å²) in [5, 5.41) is 3.29. The predicted molar refractivity (Wildman–Crippen MR) is 82.2 cm³/mol. The van der Waals surface area contributed by atoms with Gasteiger partial charge in [-0.05, 0) is 53.5 Å². The number of esters is 1. The van der Waals surface area contributed by atoms with Crippen LogP contribution < -0.4 is 5.32 Å². The zero-order chi connectivity index (χ0) is 15.7. The second-order valence-electron chi connectivity index (χ2n) is 7.07. The van der Waals surface area contributed by atoms with E-state index in [9.17, 15) is 4.79 Å². The summed E-state index contributed by atoms with van der Waals surface area (Å²) in [7, 11) is 1.88. The Balaban J connectivity index is 2.13. The first-order chi connectivity index (χ1) is 9.83. The summed E-state index contributed by atoms with van der Waals surface area (Å²) in [4.78, 5) is 14.9. The zero-order valence-electron chi connectivity index (χ0n) is 14.1. The number of carbonyl (C=O) groups excluding carboxylic acids is 1. The monoisotopic (exact) mass is 298 g/mol. The third-order valence-corrected chi connectivity index (χ3v) is 4.47. The van der Waals surface area contributed by atoms with E-state index in [1.54, 1.807) is 0 Å². The minimum Gasteiger partial charge on any atom is -0.465 e. The predicted octanol–water partition coefficient (Wildman–Crippen LogP) is 1.42. The minimum absolute atomic E-state index is 0.105. The Morgan fingerprint density at radius 2 is 2.14 bits per heavy atom. The van der Waals surface area contributed by atoms with Crippen LogP contribution in [0.15, 0.2) is 0 Å². The van der Waals surface area contributed by atoms with Gasteiger partial charge in [-0.15, -0.1) is 0 Å². The van der Waals surface area contributed by atoms with Crippen molar-refractivity contribution in [2.75, 3.05) is 33.3 Å². The summed E-state index contributed by atoms with van der Waals surface area (Å²) in [6.07, 6.45) is 2.39. The van der Waals surface area contributed by atoms with E-state index in [4.69, 9.17) is 9.47 Å². The molecule has 0 bridgehead atoms. The van der Waals surface area contributed by atoms with Gasteiger partial charge in [0.05, 0.1) is 18.3 Å². The quantitative estimate of drug-likeness (QED) is 0.752. The van der Waals surface area contributed by atoms with Crippen molar-refractivity contribution in [1.82, 2.24) is 10.2 Å². The summed E-state index contributed by atoms with van der Waals surface area (Å²) in [5.41, 5.74) is -0.738. The molecule has 1 aliphatic carbocycles. The van der Waals surface area contributed by atoms with Gasteiger partial charge in [-0.25, -0.2) is 4.79 Å². The van der Waals surface area contributed by atoms with Crippen molar-refractivity contribution >= 4 is 5.97 Å².